The molecule has 1 fully saturated rings. The molecule has 0 N–H and O–H groups in total. The highest BCUT2D eigenvalue weighted by Gasteiger charge is 2.33. The Morgan fingerprint density at radius 1 is 1.15 bits per heavy atom. The predicted molar refractivity (Wildman–Crippen MR) is 79.5 cm³/mol. The van der Waals surface area contributed by atoms with Crippen LogP contribution in [-0.4, -0.2) is 31.8 Å². The highest BCUT2D eigenvalue weighted by Crippen LogP contribution is 2.33. The molecule has 0 spiro atoms. The van der Waals surface area contributed by atoms with Gasteiger partial charge in [-0.25, -0.2) is 0 Å². The second-order valence-electron chi connectivity index (χ2n) is 5.80. The van der Waals surface area contributed by atoms with Gasteiger partial charge in [0.15, 0.2) is 0 Å². The third-order valence-electron chi connectivity index (χ3n) is 4.62. The van der Waals surface area contributed by atoms with Crippen LogP contribution in [0, 0.1) is 0 Å². The summed E-state index contributed by atoms with van der Waals surface area (Å²) in [6, 6.07) is 6.28. The van der Waals surface area contributed by atoms with Gasteiger partial charge in [-0.3, -0.25) is 9.59 Å². The minimum absolute atomic E-state index is 0.394. The summed E-state index contributed by atoms with van der Waals surface area (Å²) in [5.74, 6) is -0.827. The Labute approximate surface area is 119 Å². The van der Waals surface area contributed by atoms with Gasteiger partial charge in [0.1, 0.15) is 0 Å². The molecule has 0 unspecified atom stereocenters. The first-order valence-corrected chi connectivity index (χ1v) is 7.29. The molecular formula is C16H20N2O2. The number of nitrogens with zero attached hydrogens (tertiary/aromatic N) is 2. The number of hydrogen-bond donors (Lipinski definition) is 0. The normalized spacial score (nSPS) is 19.4. The van der Waals surface area contributed by atoms with Gasteiger partial charge in [-0.1, -0.05) is 19.3 Å². The van der Waals surface area contributed by atoms with E-state index in [1.807, 2.05) is 12.1 Å². The van der Waals surface area contributed by atoms with E-state index in [1.165, 1.54) is 37.0 Å². The van der Waals surface area contributed by atoms with Crippen LogP contribution in [-0.2, 0) is 4.79 Å². The fourth-order valence-electron chi connectivity index (χ4n) is 3.27. The average Bonchev–Trinajstić information content (AvgIpc) is 2.72. The van der Waals surface area contributed by atoms with Crippen LogP contribution in [0.5, 0.6) is 0 Å². The summed E-state index contributed by atoms with van der Waals surface area (Å²) in [6.07, 6.45) is 6.36. The van der Waals surface area contributed by atoms with Crippen molar-refractivity contribution in [2.24, 2.45) is 0 Å². The number of amides is 1. The van der Waals surface area contributed by atoms with Gasteiger partial charge in [-0.15, -0.1) is 0 Å². The van der Waals surface area contributed by atoms with Gasteiger partial charge in [0.25, 0.3) is 11.7 Å². The molecule has 1 aliphatic heterocycles. The van der Waals surface area contributed by atoms with Gasteiger partial charge in [-0.05, 0) is 31.0 Å². The van der Waals surface area contributed by atoms with E-state index < -0.39 is 11.7 Å². The van der Waals surface area contributed by atoms with Crippen molar-refractivity contribution < 1.29 is 9.59 Å². The molecule has 4 nitrogen and oxygen atoms in total. The van der Waals surface area contributed by atoms with Gasteiger partial charge < -0.3 is 9.80 Å². The number of likely N-dealkylation sites (N-methyl/N-ethyl adjacent to an activating group) is 1. The van der Waals surface area contributed by atoms with E-state index in [2.05, 4.69) is 11.9 Å². The van der Waals surface area contributed by atoms with E-state index in [4.69, 9.17) is 0 Å². The Morgan fingerprint density at radius 2 is 1.85 bits per heavy atom. The molecule has 1 aromatic rings. The zero-order valence-electron chi connectivity index (χ0n) is 12.1. The van der Waals surface area contributed by atoms with Gasteiger partial charge in [0.05, 0.1) is 11.3 Å². The van der Waals surface area contributed by atoms with Crippen LogP contribution in [0.4, 0.5) is 11.4 Å². The Kier molecular flexibility index (Phi) is 3.24. The third-order valence-corrected chi connectivity index (χ3v) is 4.62. The average molecular weight is 272 g/mol. The summed E-state index contributed by atoms with van der Waals surface area (Å²) in [7, 11) is 3.77. The van der Waals surface area contributed by atoms with Gasteiger partial charge >= 0.3 is 0 Å². The molecule has 0 bridgehead atoms. The summed E-state index contributed by atoms with van der Waals surface area (Å²) in [5.41, 5.74) is 2.35. The lowest BCUT2D eigenvalue weighted by molar-refractivity contribution is -0.114. The monoisotopic (exact) mass is 272 g/mol. The number of benzene rings is 1. The second-order valence-corrected chi connectivity index (χ2v) is 5.80. The number of fused-ring (bicyclic) bond motifs is 1. The molecule has 3 rings (SSSR count). The van der Waals surface area contributed by atoms with E-state index in [1.54, 1.807) is 13.1 Å². The van der Waals surface area contributed by atoms with Crippen LogP contribution in [0.15, 0.2) is 18.2 Å². The molecule has 20 heavy (non-hydrogen) atoms. The third kappa shape index (κ3) is 1.99. The number of anilines is 2. The highest BCUT2D eigenvalue weighted by atomic mass is 16.2. The highest BCUT2D eigenvalue weighted by molar-refractivity contribution is 6.52. The van der Waals surface area contributed by atoms with Crippen molar-refractivity contribution in [3.8, 4) is 0 Å². The number of carbonyl (C=O) groups is 2. The number of Topliss-reactive ketones (excluding diaryl/α,β-unsaturated/α-hetero) is 1. The largest absolute Gasteiger partial charge is 0.372 e. The quantitative estimate of drug-likeness (QED) is 0.777. The van der Waals surface area contributed by atoms with E-state index in [0.717, 1.165) is 11.4 Å². The van der Waals surface area contributed by atoms with E-state index in [9.17, 15) is 9.59 Å². The first-order valence-electron chi connectivity index (χ1n) is 7.29. The van der Waals surface area contributed by atoms with Crippen LogP contribution in [0.3, 0.4) is 0 Å². The fraction of sp³-hybridized carbons (Fsp3) is 0.500. The summed E-state index contributed by atoms with van der Waals surface area (Å²) < 4.78 is 0. The maximum absolute atomic E-state index is 11.8. The fourth-order valence-corrected chi connectivity index (χ4v) is 3.27. The van der Waals surface area contributed by atoms with Crippen LogP contribution >= 0.6 is 0 Å². The van der Waals surface area contributed by atoms with E-state index in [0.29, 0.717) is 11.6 Å². The Morgan fingerprint density at radius 3 is 2.55 bits per heavy atom. The smallest absolute Gasteiger partial charge is 0.299 e. The molecule has 0 radical (unpaired) electrons. The maximum Gasteiger partial charge on any atom is 0.299 e. The van der Waals surface area contributed by atoms with Crippen LogP contribution in [0.1, 0.15) is 42.5 Å². The molecule has 0 aromatic heterocycles. The summed E-state index contributed by atoms with van der Waals surface area (Å²) in [4.78, 5) is 27.2. The standard InChI is InChI=1S/C16H20N2O2/c1-17(11-6-4-3-5-7-11)12-8-9-13-14(10-12)18(2)16(20)15(13)19/h8-11H,3-7H2,1-2H3. The van der Waals surface area contributed by atoms with Crippen molar-refractivity contribution in [3.63, 3.8) is 0 Å². The first kappa shape index (κ1) is 13.2. The first-order chi connectivity index (χ1) is 9.59. The number of ketones is 1. The van der Waals surface area contributed by atoms with Crippen molar-refractivity contribution in [1.29, 1.82) is 0 Å². The lowest BCUT2D eigenvalue weighted by atomic mass is 9.94. The molecule has 0 atom stereocenters. The number of rotatable bonds is 2. The second kappa shape index (κ2) is 4.93. The summed E-state index contributed by atoms with van der Waals surface area (Å²) in [6.45, 7) is 0. The van der Waals surface area contributed by atoms with Crippen molar-refractivity contribution in [3.05, 3.63) is 23.8 Å². The van der Waals surface area contributed by atoms with Crippen molar-refractivity contribution in [2.75, 3.05) is 23.9 Å². The summed E-state index contributed by atoms with van der Waals surface area (Å²) in [5, 5.41) is 0. The molecule has 1 heterocycles. The van der Waals surface area contributed by atoms with Gasteiger partial charge in [0.2, 0.25) is 0 Å². The van der Waals surface area contributed by atoms with Crippen molar-refractivity contribution in [2.45, 2.75) is 38.1 Å². The Hall–Kier alpha value is -1.84. The topological polar surface area (TPSA) is 40.6 Å². The van der Waals surface area contributed by atoms with E-state index >= 15 is 0 Å². The van der Waals surface area contributed by atoms with E-state index in [-0.39, 0.29) is 0 Å². The minimum Gasteiger partial charge on any atom is -0.372 e. The maximum atomic E-state index is 11.8. The molecule has 106 valence electrons. The SMILES string of the molecule is CN1C(=O)C(=O)c2ccc(N(C)C3CCCCC3)cc21. The molecule has 0 saturated heterocycles. The number of hydrogen-bond acceptors (Lipinski definition) is 3. The van der Waals surface area contributed by atoms with Gasteiger partial charge in [-0.2, -0.15) is 0 Å². The lowest BCUT2D eigenvalue weighted by Gasteiger charge is -2.33. The Balaban J connectivity index is 1.89. The van der Waals surface area contributed by atoms with Crippen molar-refractivity contribution >= 4 is 23.1 Å². The van der Waals surface area contributed by atoms with Crippen LogP contribution in [0.2, 0.25) is 0 Å². The molecule has 1 aromatic carbocycles. The molecule has 2 aliphatic rings. The zero-order valence-corrected chi connectivity index (χ0v) is 12.1. The van der Waals surface area contributed by atoms with Crippen LogP contribution < -0.4 is 9.80 Å². The molecule has 4 heteroatoms. The Bertz CT molecular complexity index is 562. The molecule has 1 amide bonds. The summed E-state index contributed by atoms with van der Waals surface area (Å²) >= 11 is 0. The molecule has 1 saturated carbocycles. The van der Waals surface area contributed by atoms with Crippen molar-refractivity contribution in [1.82, 2.24) is 0 Å². The molecular weight excluding hydrogens is 252 g/mol. The predicted octanol–water partition coefficient (Wildman–Crippen LogP) is 2.61. The van der Waals surface area contributed by atoms with Crippen LogP contribution in [0.25, 0.3) is 0 Å². The van der Waals surface area contributed by atoms with Gasteiger partial charge in [0, 0.05) is 25.8 Å². The number of carbonyl (C=O) groups excluding carboxylic acids is 2. The molecule has 1 aliphatic carbocycles. The zero-order chi connectivity index (χ0) is 14.3. The lowest BCUT2D eigenvalue weighted by Crippen LogP contribution is -2.33. The minimum atomic E-state index is -0.433.